The molecule has 0 aliphatic carbocycles. The maximum atomic E-state index is 12.2. The SMILES string of the molecule is CC1(C)OC2C(O1)[C@H]1CNc3c(N)c(=O)[nH]c(=O)n3[C@@H]2O1. The second-order valence-electron chi connectivity index (χ2n) is 5.90. The van der Waals surface area contributed by atoms with E-state index >= 15 is 0 Å². The maximum absolute atomic E-state index is 12.2. The fourth-order valence-corrected chi connectivity index (χ4v) is 3.22. The van der Waals surface area contributed by atoms with Gasteiger partial charge >= 0.3 is 5.69 Å². The third-order valence-electron chi connectivity index (χ3n) is 4.03. The van der Waals surface area contributed by atoms with Gasteiger partial charge in [-0.2, -0.15) is 0 Å². The zero-order chi connectivity index (χ0) is 14.9. The molecule has 9 heteroatoms. The molecule has 2 bridgehead atoms. The fourth-order valence-electron chi connectivity index (χ4n) is 3.22. The van der Waals surface area contributed by atoms with Crippen LogP contribution in [0.3, 0.4) is 0 Å². The number of hydrogen-bond donors (Lipinski definition) is 3. The Hall–Kier alpha value is -1.84. The van der Waals surface area contributed by atoms with E-state index in [2.05, 4.69) is 10.3 Å². The highest BCUT2D eigenvalue weighted by molar-refractivity contribution is 5.60. The molecule has 1 aromatic heterocycles. The van der Waals surface area contributed by atoms with E-state index in [1.54, 1.807) is 0 Å². The highest BCUT2D eigenvalue weighted by Crippen LogP contribution is 2.44. The minimum absolute atomic E-state index is 0.0412. The zero-order valence-corrected chi connectivity index (χ0v) is 11.6. The molecule has 2 saturated heterocycles. The lowest BCUT2D eigenvalue weighted by atomic mass is 10.1. The minimum Gasteiger partial charge on any atom is -0.391 e. The van der Waals surface area contributed by atoms with Gasteiger partial charge in [0.2, 0.25) is 0 Å². The maximum Gasteiger partial charge on any atom is 0.332 e. The van der Waals surface area contributed by atoms with E-state index in [0.29, 0.717) is 6.54 Å². The van der Waals surface area contributed by atoms with Gasteiger partial charge in [-0.25, -0.2) is 9.36 Å². The molecule has 21 heavy (non-hydrogen) atoms. The van der Waals surface area contributed by atoms with Crippen molar-refractivity contribution in [3.63, 3.8) is 0 Å². The van der Waals surface area contributed by atoms with Gasteiger partial charge in [0.25, 0.3) is 5.56 Å². The molecular weight excluding hydrogens is 280 g/mol. The van der Waals surface area contributed by atoms with Crippen molar-refractivity contribution in [1.82, 2.24) is 9.55 Å². The number of ether oxygens (including phenoxy) is 3. The molecule has 114 valence electrons. The van der Waals surface area contributed by atoms with Crippen LogP contribution in [0.4, 0.5) is 11.5 Å². The lowest BCUT2D eigenvalue weighted by Gasteiger charge is -2.23. The quantitative estimate of drug-likeness (QED) is 0.559. The van der Waals surface area contributed by atoms with Crippen LogP contribution in [0.25, 0.3) is 0 Å². The molecule has 0 aromatic carbocycles. The average molecular weight is 296 g/mol. The Morgan fingerprint density at radius 1 is 1.29 bits per heavy atom. The minimum atomic E-state index is -0.739. The van der Waals surface area contributed by atoms with Crippen molar-refractivity contribution in [1.29, 1.82) is 0 Å². The number of hydrogen-bond acceptors (Lipinski definition) is 7. The Balaban J connectivity index is 1.89. The normalized spacial score (nSPS) is 35.7. The van der Waals surface area contributed by atoms with E-state index in [4.69, 9.17) is 19.9 Å². The molecular formula is C12H16N4O5. The van der Waals surface area contributed by atoms with E-state index in [-0.39, 0.29) is 23.7 Å². The van der Waals surface area contributed by atoms with Crippen molar-refractivity contribution in [2.75, 3.05) is 17.6 Å². The molecule has 2 unspecified atom stereocenters. The molecule has 3 aliphatic heterocycles. The van der Waals surface area contributed by atoms with Crippen LogP contribution in [0.1, 0.15) is 20.1 Å². The molecule has 1 aromatic rings. The number of rotatable bonds is 0. The smallest absolute Gasteiger partial charge is 0.332 e. The van der Waals surface area contributed by atoms with Crippen molar-refractivity contribution in [2.24, 2.45) is 0 Å². The van der Waals surface area contributed by atoms with Crippen LogP contribution in [0, 0.1) is 0 Å². The summed E-state index contributed by atoms with van der Waals surface area (Å²) in [7, 11) is 0. The van der Waals surface area contributed by atoms with E-state index < -0.39 is 29.4 Å². The van der Waals surface area contributed by atoms with Crippen LogP contribution >= 0.6 is 0 Å². The van der Waals surface area contributed by atoms with Gasteiger partial charge in [0.05, 0.1) is 0 Å². The predicted molar refractivity (Wildman–Crippen MR) is 72.0 cm³/mol. The first-order chi connectivity index (χ1) is 9.87. The van der Waals surface area contributed by atoms with E-state index in [1.807, 2.05) is 13.8 Å². The van der Waals surface area contributed by atoms with Crippen molar-refractivity contribution < 1.29 is 14.2 Å². The fraction of sp³-hybridized carbons (Fsp3) is 0.667. The standard InChI is InChI=1S/C12H16N4O5/c1-12(2)20-6-4-3-14-8-5(13)9(17)15-11(18)16(8)10(19-4)7(6)21-12/h4,6-7,10,14H,3,13H2,1-2H3,(H,15,17,18)/t4-,6?,7?,10-/m1/s1. The number of aromatic nitrogens is 2. The first kappa shape index (κ1) is 12.9. The Kier molecular flexibility index (Phi) is 2.37. The predicted octanol–water partition coefficient (Wildman–Crippen LogP) is -1.04. The highest BCUT2D eigenvalue weighted by Gasteiger charge is 2.57. The summed E-state index contributed by atoms with van der Waals surface area (Å²) in [6.07, 6.45) is -1.66. The van der Waals surface area contributed by atoms with Gasteiger partial charge in [0, 0.05) is 6.54 Å². The third kappa shape index (κ3) is 1.68. The molecule has 2 fully saturated rings. The summed E-state index contributed by atoms with van der Waals surface area (Å²) in [4.78, 5) is 26.0. The summed E-state index contributed by atoms with van der Waals surface area (Å²) < 4.78 is 18.9. The summed E-state index contributed by atoms with van der Waals surface area (Å²) in [5, 5.41) is 3.00. The molecule has 4 rings (SSSR count). The summed E-state index contributed by atoms with van der Waals surface area (Å²) in [6, 6.07) is 0. The van der Waals surface area contributed by atoms with Crippen molar-refractivity contribution in [3.05, 3.63) is 20.8 Å². The first-order valence-corrected chi connectivity index (χ1v) is 6.77. The monoisotopic (exact) mass is 296 g/mol. The number of nitrogen functional groups attached to an aromatic ring is 1. The van der Waals surface area contributed by atoms with Gasteiger partial charge < -0.3 is 25.3 Å². The molecule has 0 radical (unpaired) electrons. The highest BCUT2D eigenvalue weighted by atomic mass is 16.8. The first-order valence-electron chi connectivity index (χ1n) is 6.77. The van der Waals surface area contributed by atoms with Crippen LogP contribution < -0.4 is 22.3 Å². The Morgan fingerprint density at radius 2 is 2.00 bits per heavy atom. The largest absolute Gasteiger partial charge is 0.391 e. The molecule has 4 N–H and O–H groups in total. The van der Waals surface area contributed by atoms with Crippen LogP contribution in [-0.4, -0.2) is 40.2 Å². The zero-order valence-electron chi connectivity index (χ0n) is 11.6. The number of H-pyrrole nitrogens is 1. The second kappa shape index (κ2) is 3.87. The number of nitrogens with zero attached hydrogens (tertiary/aromatic N) is 1. The molecule has 9 nitrogen and oxygen atoms in total. The summed E-state index contributed by atoms with van der Waals surface area (Å²) >= 11 is 0. The molecule has 4 heterocycles. The summed E-state index contributed by atoms with van der Waals surface area (Å²) in [6.45, 7) is 4.01. The third-order valence-corrected chi connectivity index (χ3v) is 4.03. The van der Waals surface area contributed by atoms with Gasteiger partial charge in [0.1, 0.15) is 29.8 Å². The van der Waals surface area contributed by atoms with Crippen LogP contribution in [0.5, 0.6) is 0 Å². The van der Waals surface area contributed by atoms with E-state index in [1.165, 1.54) is 4.57 Å². The van der Waals surface area contributed by atoms with Crippen LogP contribution in [0.2, 0.25) is 0 Å². The van der Waals surface area contributed by atoms with Gasteiger partial charge in [0.15, 0.2) is 12.0 Å². The Morgan fingerprint density at radius 3 is 2.76 bits per heavy atom. The van der Waals surface area contributed by atoms with Crippen LogP contribution in [-0.2, 0) is 14.2 Å². The van der Waals surface area contributed by atoms with Gasteiger partial charge in [-0.1, -0.05) is 0 Å². The molecule has 4 atom stereocenters. The lowest BCUT2D eigenvalue weighted by Crippen LogP contribution is -2.41. The Bertz CT molecular complexity index is 723. The van der Waals surface area contributed by atoms with Gasteiger partial charge in [-0.3, -0.25) is 9.78 Å². The number of nitrogens with one attached hydrogen (secondary N) is 2. The lowest BCUT2D eigenvalue weighted by molar-refractivity contribution is -0.194. The van der Waals surface area contributed by atoms with Gasteiger partial charge in [-0.15, -0.1) is 0 Å². The van der Waals surface area contributed by atoms with Crippen molar-refractivity contribution in [3.8, 4) is 0 Å². The Labute approximate surface area is 119 Å². The van der Waals surface area contributed by atoms with E-state index in [0.717, 1.165) is 0 Å². The summed E-state index contributed by atoms with van der Waals surface area (Å²) in [5.41, 5.74) is 4.53. The number of anilines is 2. The van der Waals surface area contributed by atoms with Gasteiger partial charge in [-0.05, 0) is 13.8 Å². The topological polar surface area (TPSA) is 121 Å². The van der Waals surface area contributed by atoms with Crippen LogP contribution in [0.15, 0.2) is 9.59 Å². The molecule has 3 aliphatic rings. The number of fused-ring (bicyclic) bond motifs is 7. The number of nitrogens with two attached hydrogens (primary N) is 1. The molecule has 0 amide bonds. The number of aromatic amines is 1. The van der Waals surface area contributed by atoms with Crippen molar-refractivity contribution >= 4 is 11.5 Å². The second-order valence-corrected chi connectivity index (χ2v) is 5.90. The summed E-state index contributed by atoms with van der Waals surface area (Å²) in [5.74, 6) is -0.472. The van der Waals surface area contributed by atoms with Crippen molar-refractivity contribution in [2.45, 2.75) is 44.2 Å². The van der Waals surface area contributed by atoms with E-state index in [9.17, 15) is 9.59 Å². The average Bonchev–Trinajstić information content (AvgIpc) is 2.78. The molecule has 0 saturated carbocycles. The molecule has 0 spiro atoms.